The number of β-lactam (4-membered cyclic amide) rings is 1. The molecule has 3 amide bonds. The number of carbonyl (C=O) groups is 3. The molecule has 0 aromatic heterocycles. The van der Waals surface area contributed by atoms with E-state index in [2.05, 4.69) is 0 Å². The first-order chi connectivity index (χ1) is 10.7. The van der Waals surface area contributed by atoms with Gasteiger partial charge in [-0.15, -0.1) is 0 Å². The number of amides is 3. The van der Waals surface area contributed by atoms with Gasteiger partial charge in [0.1, 0.15) is 12.6 Å². The standard InChI is InChI=1S/C12H13N3O7S.Na.H/c13-10(16)9-8(11(17)15(9)23(19,20)21)14-12(18)22-6-7-4-2-1-3-5-7;;/h1-5,8-9H,6H2,(H2,13,16)(H,14,18)(H,19,20,21);;. The van der Waals surface area contributed by atoms with Crippen LogP contribution in [-0.4, -0.2) is 76.8 Å². The Labute approximate surface area is 159 Å². The molecule has 1 aliphatic heterocycles. The van der Waals surface area contributed by atoms with Crippen molar-refractivity contribution in [3.63, 3.8) is 0 Å². The number of hydrogen-bond donors (Lipinski definition) is 3. The average molecular weight is 367 g/mol. The summed E-state index contributed by atoms with van der Waals surface area (Å²) in [6.07, 6.45) is -1.03. The minimum absolute atomic E-state index is 0. The van der Waals surface area contributed by atoms with Gasteiger partial charge >= 0.3 is 46.0 Å². The fourth-order valence-electron chi connectivity index (χ4n) is 2.03. The molecule has 2 rings (SSSR count). The Morgan fingerprint density at radius 2 is 1.88 bits per heavy atom. The van der Waals surface area contributed by atoms with Gasteiger partial charge in [0.25, 0.3) is 5.91 Å². The first-order valence-electron chi connectivity index (χ1n) is 6.29. The van der Waals surface area contributed by atoms with Gasteiger partial charge in [0.05, 0.1) is 0 Å². The molecule has 1 aliphatic rings. The van der Waals surface area contributed by atoms with E-state index in [0.29, 0.717) is 5.56 Å². The first-order valence-corrected chi connectivity index (χ1v) is 7.68. The monoisotopic (exact) mass is 367 g/mol. The molecule has 1 aromatic carbocycles. The van der Waals surface area contributed by atoms with Gasteiger partial charge < -0.3 is 15.8 Å². The molecule has 0 aliphatic carbocycles. The zero-order chi connectivity index (χ0) is 17.2. The molecule has 1 fully saturated rings. The van der Waals surface area contributed by atoms with E-state index in [1.165, 1.54) is 0 Å². The summed E-state index contributed by atoms with van der Waals surface area (Å²) in [5, 5.41) is 2.04. The fraction of sp³-hybridized carbons (Fsp3) is 0.250. The van der Waals surface area contributed by atoms with Crippen LogP contribution in [0.5, 0.6) is 0 Å². The molecule has 4 N–H and O–H groups in total. The molecule has 1 aromatic rings. The van der Waals surface area contributed by atoms with Crippen LogP contribution >= 0.6 is 0 Å². The van der Waals surface area contributed by atoms with Gasteiger partial charge in [0.15, 0.2) is 6.04 Å². The summed E-state index contributed by atoms with van der Waals surface area (Å²) in [5.41, 5.74) is 5.67. The Hall–Kier alpha value is -1.66. The van der Waals surface area contributed by atoms with Crippen molar-refractivity contribution >= 4 is 57.8 Å². The molecule has 1 heterocycles. The molecule has 12 heteroatoms. The van der Waals surface area contributed by atoms with Crippen molar-refractivity contribution in [2.24, 2.45) is 5.73 Å². The van der Waals surface area contributed by atoms with Crippen molar-refractivity contribution in [2.45, 2.75) is 18.7 Å². The number of nitrogens with one attached hydrogen (secondary N) is 1. The molecule has 0 radical (unpaired) electrons. The van der Waals surface area contributed by atoms with E-state index in [1.54, 1.807) is 30.3 Å². The van der Waals surface area contributed by atoms with Gasteiger partial charge in [-0.3, -0.25) is 14.1 Å². The Morgan fingerprint density at radius 3 is 2.38 bits per heavy atom. The summed E-state index contributed by atoms with van der Waals surface area (Å²) in [6, 6.07) is 5.43. The van der Waals surface area contributed by atoms with Crippen LogP contribution in [0.15, 0.2) is 30.3 Å². The number of ether oxygens (including phenoxy) is 1. The fourth-order valence-corrected chi connectivity index (χ4v) is 2.89. The predicted molar refractivity (Wildman–Crippen MR) is 82.1 cm³/mol. The second-order valence-corrected chi connectivity index (χ2v) is 5.93. The third kappa shape index (κ3) is 4.45. The van der Waals surface area contributed by atoms with Gasteiger partial charge in [-0.1, -0.05) is 30.3 Å². The van der Waals surface area contributed by atoms with Crippen LogP contribution < -0.4 is 11.1 Å². The van der Waals surface area contributed by atoms with Crippen molar-refractivity contribution in [3.8, 4) is 0 Å². The van der Waals surface area contributed by atoms with E-state index in [0.717, 1.165) is 0 Å². The van der Waals surface area contributed by atoms with E-state index in [1.807, 2.05) is 5.32 Å². The van der Waals surface area contributed by atoms with E-state index < -0.39 is 40.3 Å². The zero-order valence-corrected chi connectivity index (χ0v) is 12.4. The van der Waals surface area contributed by atoms with Crippen molar-refractivity contribution in [3.05, 3.63) is 35.9 Å². The Bertz CT molecular complexity index is 740. The van der Waals surface area contributed by atoms with Crippen molar-refractivity contribution in [1.29, 1.82) is 0 Å². The number of rotatable bonds is 5. The van der Waals surface area contributed by atoms with Crippen molar-refractivity contribution in [1.82, 2.24) is 9.62 Å². The van der Waals surface area contributed by atoms with Crippen LogP contribution in [0.3, 0.4) is 0 Å². The summed E-state index contributed by atoms with van der Waals surface area (Å²) in [4.78, 5) is 34.5. The zero-order valence-electron chi connectivity index (χ0n) is 11.6. The van der Waals surface area contributed by atoms with Crippen LogP contribution in [0.25, 0.3) is 0 Å². The maximum absolute atomic E-state index is 11.6. The maximum atomic E-state index is 11.6. The van der Waals surface area contributed by atoms with Gasteiger partial charge in [-0.2, -0.15) is 12.7 Å². The van der Waals surface area contributed by atoms with Gasteiger partial charge in [0.2, 0.25) is 5.91 Å². The van der Waals surface area contributed by atoms with Crippen LogP contribution in [-0.2, 0) is 31.2 Å². The Balaban J connectivity index is 0.00000288. The van der Waals surface area contributed by atoms with E-state index in [4.69, 9.17) is 15.0 Å². The first kappa shape index (κ1) is 20.4. The number of alkyl carbamates (subject to hydrolysis) is 1. The molecule has 0 bridgehead atoms. The van der Waals surface area contributed by atoms with Gasteiger partial charge in [-0.05, 0) is 5.56 Å². The van der Waals surface area contributed by atoms with Gasteiger partial charge in [-0.25, -0.2) is 4.79 Å². The number of nitrogens with two attached hydrogens (primary N) is 1. The second-order valence-electron chi connectivity index (χ2n) is 4.64. The third-order valence-corrected chi connectivity index (χ3v) is 3.98. The molecule has 2 unspecified atom stereocenters. The van der Waals surface area contributed by atoms with Crippen LogP contribution in [0.1, 0.15) is 5.56 Å². The van der Waals surface area contributed by atoms with E-state index in [-0.39, 0.29) is 40.5 Å². The summed E-state index contributed by atoms with van der Waals surface area (Å²) < 4.78 is 35.6. The quantitative estimate of drug-likeness (QED) is 0.313. The molecular weight excluding hydrogens is 353 g/mol. The van der Waals surface area contributed by atoms with Gasteiger partial charge in [0, 0.05) is 0 Å². The molecular formula is C12H14N3NaO7S. The molecule has 10 nitrogen and oxygen atoms in total. The third-order valence-electron chi connectivity index (χ3n) is 3.08. The van der Waals surface area contributed by atoms with Crippen LogP contribution in [0, 0.1) is 0 Å². The number of hydrogen-bond acceptors (Lipinski definition) is 6. The molecule has 1 saturated heterocycles. The molecule has 2 atom stereocenters. The number of carbonyl (C=O) groups excluding carboxylic acids is 3. The second kappa shape index (κ2) is 7.94. The summed E-state index contributed by atoms with van der Waals surface area (Å²) >= 11 is 0. The Morgan fingerprint density at radius 1 is 1.29 bits per heavy atom. The predicted octanol–water partition coefficient (Wildman–Crippen LogP) is -1.87. The topological polar surface area (TPSA) is 156 Å². The van der Waals surface area contributed by atoms with Crippen LogP contribution in [0.2, 0.25) is 0 Å². The van der Waals surface area contributed by atoms with Crippen molar-refractivity contribution < 1.29 is 32.1 Å². The Kier molecular flexibility index (Phi) is 6.75. The van der Waals surface area contributed by atoms with Crippen molar-refractivity contribution in [2.75, 3.05) is 0 Å². The number of primary amides is 1. The normalized spacial score (nSPS) is 19.7. The summed E-state index contributed by atoms with van der Waals surface area (Å²) in [5.74, 6) is -2.39. The molecule has 0 saturated carbocycles. The van der Waals surface area contributed by atoms with E-state index >= 15 is 0 Å². The summed E-state index contributed by atoms with van der Waals surface area (Å²) in [7, 11) is -4.94. The van der Waals surface area contributed by atoms with Crippen LogP contribution in [0.4, 0.5) is 4.79 Å². The average Bonchev–Trinajstić information content (AvgIpc) is 2.47. The molecule has 24 heavy (non-hydrogen) atoms. The number of benzene rings is 1. The SMILES string of the molecule is NC(=O)C1C(NC(=O)OCc2ccccc2)C(=O)N1S(=O)(=O)O.[NaH]. The van der Waals surface area contributed by atoms with E-state index in [9.17, 15) is 22.8 Å². The minimum atomic E-state index is -4.94. The molecule has 0 spiro atoms. The number of nitrogens with zero attached hydrogens (tertiary/aromatic N) is 1. The summed E-state index contributed by atoms with van der Waals surface area (Å²) in [6.45, 7) is -0.0865. The molecule has 126 valence electrons.